The molecule has 1 N–H and O–H groups in total. The van der Waals surface area contributed by atoms with Crippen molar-refractivity contribution in [2.45, 2.75) is 25.8 Å². The van der Waals surface area contributed by atoms with Crippen molar-refractivity contribution in [3.05, 3.63) is 53.3 Å². The van der Waals surface area contributed by atoms with Gasteiger partial charge in [0.15, 0.2) is 0 Å². The molecule has 0 bridgehead atoms. The van der Waals surface area contributed by atoms with Crippen molar-refractivity contribution in [1.29, 1.82) is 0 Å². The van der Waals surface area contributed by atoms with Crippen LogP contribution in [0.25, 0.3) is 10.9 Å². The van der Waals surface area contributed by atoms with Gasteiger partial charge in [0.2, 0.25) is 11.9 Å². The van der Waals surface area contributed by atoms with Gasteiger partial charge in [-0.3, -0.25) is 14.2 Å². The molecule has 2 aromatic heterocycles. The number of benzene rings is 1. The number of nitrogens with one attached hydrogen (secondary N) is 1. The molecule has 1 amide bonds. The third-order valence-electron chi connectivity index (χ3n) is 4.61. The van der Waals surface area contributed by atoms with E-state index in [-0.39, 0.29) is 18.0 Å². The van der Waals surface area contributed by atoms with Gasteiger partial charge in [0.25, 0.3) is 5.56 Å². The molecule has 0 unspecified atom stereocenters. The average molecular weight is 364 g/mol. The van der Waals surface area contributed by atoms with E-state index in [0.29, 0.717) is 22.5 Å². The van der Waals surface area contributed by atoms with Crippen LogP contribution in [-0.2, 0) is 11.3 Å². The summed E-state index contributed by atoms with van der Waals surface area (Å²) in [6, 6.07) is 7.06. The maximum atomic E-state index is 12.4. The SMILES string of the molecule is O=C(Cn1cnc2ccccc2c1=O)Nc1cnc(N2CCCCC2)nc1. The van der Waals surface area contributed by atoms with Crippen LogP contribution >= 0.6 is 0 Å². The molecule has 27 heavy (non-hydrogen) atoms. The molecule has 4 rings (SSSR count). The minimum Gasteiger partial charge on any atom is -0.341 e. The summed E-state index contributed by atoms with van der Waals surface area (Å²) in [4.78, 5) is 39.8. The fourth-order valence-corrected chi connectivity index (χ4v) is 3.22. The van der Waals surface area contributed by atoms with Crippen LogP contribution < -0.4 is 15.8 Å². The van der Waals surface area contributed by atoms with E-state index in [9.17, 15) is 9.59 Å². The number of anilines is 2. The molecule has 0 radical (unpaired) electrons. The number of hydrogen-bond donors (Lipinski definition) is 1. The molecular weight excluding hydrogens is 344 g/mol. The lowest BCUT2D eigenvalue weighted by atomic mass is 10.1. The second-order valence-electron chi connectivity index (χ2n) is 6.56. The second-order valence-corrected chi connectivity index (χ2v) is 6.56. The lowest BCUT2D eigenvalue weighted by Crippen LogP contribution is -2.31. The number of fused-ring (bicyclic) bond motifs is 1. The van der Waals surface area contributed by atoms with Gasteiger partial charge >= 0.3 is 0 Å². The summed E-state index contributed by atoms with van der Waals surface area (Å²) in [7, 11) is 0. The fraction of sp³-hybridized carbons (Fsp3) is 0.316. The van der Waals surface area contributed by atoms with Gasteiger partial charge in [0.05, 0.1) is 35.3 Å². The first-order valence-corrected chi connectivity index (χ1v) is 9.02. The van der Waals surface area contributed by atoms with Gasteiger partial charge in [-0.25, -0.2) is 15.0 Å². The molecule has 1 aliphatic heterocycles. The highest BCUT2D eigenvalue weighted by molar-refractivity contribution is 5.90. The van der Waals surface area contributed by atoms with Gasteiger partial charge in [0, 0.05) is 13.1 Å². The number of hydrogen-bond acceptors (Lipinski definition) is 6. The summed E-state index contributed by atoms with van der Waals surface area (Å²) < 4.78 is 1.29. The lowest BCUT2D eigenvalue weighted by molar-refractivity contribution is -0.116. The Hall–Kier alpha value is -3.29. The van der Waals surface area contributed by atoms with Crippen molar-refractivity contribution in [3.63, 3.8) is 0 Å². The first-order chi connectivity index (χ1) is 13.2. The highest BCUT2D eigenvalue weighted by atomic mass is 16.2. The minimum absolute atomic E-state index is 0.120. The Morgan fingerprint density at radius 3 is 2.56 bits per heavy atom. The summed E-state index contributed by atoms with van der Waals surface area (Å²) >= 11 is 0. The van der Waals surface area contributed by atoms with E-state index < -0.39 is 0 Å². The molecule has 0 spiro atoms. The monoisotopic (exact) mass is 364 g/mol. The Balaban J connectivity index is 1.43. The standard InChI is InChI=1S/C19H20N6O2/c26-17(12-25-13-22-16-7-3-2-6-15(16)18(25)27)23-14-10-20-19(21-11-14)24-8-4-1-5-9-24/h2-3,6-7,10-11,13H,1,4-5,8-9,12H2,(H,23,26). The smallest absolute Gasteiger partial charge is 0.261 e. The molecule has 138 valence electrons. The predicted molar refractivity (Wildman–Crippen MR) is 103 cm³/mol. The number of carbonyl (C=O) groups is 1. The molecule has 0 aliphatic carbocycles. The number of amides is 1. The van der Waals surface area contributed by atoms with Crippen LogP contribution in [0.2, 0.25) is 0 Å². The van der Waals surface area contributed by atoms with E-state index in [1.165, 1.54) is 17.3 Å². The first kappa shape index (κ1) is 17.1. The predicted octanol–water partition coefficient (Wildman–Crippen LogP) is 1.82. The van der Waals surface area contributed by atoms with E-state index in [2.05, 4.69) is 25.2 Å². The zero-order valence-electron chi connectivity index (χ0n) is 14.8. The van der Waals surface area contributed by atoms with E-state index >= 15 is 0 Å². The van der Waals surface area contributed by atoms with E-state index in [1.54, 1.807) is 30.6 Å². The molecular formula is C19H20N6O2. The summed E-state index contributed by atoms with van der Waals surface area (Å²) in [5, 5.41) is 3.21. The van der Waals surface area contributed by atoms with Gasteiger partial charge in [-0.15, -0.1) is 0 Å². The van der Waals surface area contributed by atoms with Gasteiger partial charge < -0.3 is 10.2 Å². The van der Waals surface area contributed by atoms with Crippen molar-refractivity contribution >= 4 is 28.4 Å². The summed E-state index contributed by atoms with van der Waals surface area (Å²) in [5.74, 6) is 0.353. The summed E-state index contributed by atoms with van der Waals surface area (Å²) in [6.07, 6.45) is 8.12. The topological polar surface area (TPSA) is 93.0 Å². The minimum atomic E-state index is -0.330. The maximum absolute atomic E-state index is 12.4. The number of aromatic nitrogens is 4. The number of carbonyl (C=O) groups excluding carboxylic acids is 1. The molecule has 3 heterocycles. The molecule has 1 saturated heterocycles. The Bertz CT molecular complexity index is 1010. The van der Waals surface area contributed by atoms with Crippen LogP contribution in [-0.4, -0.2) is 38.5 Å². The third kappa shape index (κ3) is 3.79. The maximum Gasteiger partial charge on any atom is 0.261 e. The average Bonchev–Trinajstić information content (AvgIpc) is 2.71. The third-order valence-corrected chi connectivity index (χ3v) is 4.61. The van der Waals surface area contributed by atoms with Crippen LogP contribution in [0.1, 0.15) is 19.3 Å². The largest absolute Gasteiger partial charge is 0.341 e. The van der Waals surface area contributed by atoms with Crippen LogP contribution in [0.3, 0.4) is 0 Å². The zero-order chi connectivity index (χ0) is 18.6. The van der Waals surface area contributed by atoms with Gasteiger partial charge in [-0.2, -0.15) is 0 Å². The first-order valence-electron chi connectivity index (χ1n) is 9.02. The van der Waals surface area contributed by atoms with Gasteiger partial charge in [0.1, 0.15) is 6.54 Å². The summed E-state index contributed by atoms with van der Waals surface area (Å²) in [5.41, 5.74) is 0.871. The highest BCUT2D eigenvalue weighted by Gasteiger charge is 2.14. The van der Waals surface area contributed by atoms with Crippen LogP contribution in [0.15, 0.2) is 47.8 Å². The number of para-hydroxylation sites is 1. The molecule has 1 fully saturated rings. The number of piperidine rings is 1. The highest BCUT2D eigenvalue weighted by Crippen LogP contribution is 2.16. The molecule has 0 atom stereocenters. The van der Waals surface area contributed by atoms with Crippen molar-refractivity contribution in [1.82, 2.24) is 19.5 Å². The lowest BCUT2D eigenvalue weighted by Gasteiger charge is -2.26. The van der Waals surface area contributed by atoms with Crippen LogP contribution in [0, 0.1) is 0 Å². The van der Waals surface area contributed by atoms with E-state index in [4.69, 9.17) is 0 Å². The Morgan fingerprint density at radius 1 is 1.04 bits per heavy atom. The molecule has 1 aromatic carbocycles. The van der Waals surface area contributed by atoms with Crippen LogP contribution in [0.4, 0.5) is 11.6 Å². The second kappa shape index (κ2) is 7.53. The van der Waals surface area contributed by atoms with Crippen molar-refractivity contribution < 1.29 is 4.79 Å². The fourth-order valence-electron chi connectivity index (χ4n) is 3.22. The van der Waals surface area contributed by atoms with E-state index in [1.807, 2.05) is 6.07 Å². The molecule has 3 aromatic rings. The molecule has 0 saturated carbocycles. The Kier molecular flexibility index (Phi) is 4.78. The Morgan fingerprint density at radius 2 is 1.78 bits per heavy atom. The molecule has 8 nitrogen and oxygen atoms in total. The van der Waals surface area contributed by atoms with Crippen molar-refractivity contribution in [2.24, 2.45) is 0 Å². The Labute approximate surface area is 155 Å². The van der Waals surface area contributed by atoms with Gasteiger partial charge in [-0.1, -0.05) is 12.1 Å². The van der Waals surface area contributed by atoms with Crippen LogP contribution in [0.5, 0.6) is 0 Å². The zero-order valence-corrected chi connectivity index (χ0v) is 14.8. The normalized spacial score (nSPS) is 14.3. The van der Waals surface area contributed by atoms with Crippen molar-refractivity contribution in [3.8, 4) is 0 Å². The quantitative estimate of drug-likeness (QED) is 0.759. The van der Waals surface area contributed by atoms with E-state index in [0.717, 1.165) is 25.9 Å². The number of rotatable bonds is 4. The van der Waals surface area contributed by atoms with Crippen molar-refractivity contribution in [2.75, 3.05) is 23.3 Å². The molecule has 1 aliphatic rings. The number of nitrogens with zero attached hydrogens (tertiary/aromatic N) is 5. The summed E-state index contributed by atoms with van der Waals surface area (Å²) in [6.45, 7) is 1.80. The molecule has 8 heteroatoms. The van der Waals surface area contributed by atoms with Gasteiger partial charge in [-0.05, 0) is 31.4 Å².